The average Bonchev–Trinajstić information content (AvgIpc) is 3.55. The summed E-state index contributed by atoms with van der Waals surface area (Å²) in [5.41, 5.74) is 11.3. The Morgan fingerprint density at radius 1 is 0.976 bits per heavy atom. The van der Waals surface area contributed by atoms with Crippen molar-refractivity contribution in [1.82, 2.24) is 4.57 Å². The topological polar surface area (TPSA) is 34.3 Å². The molecule has 0 saturated carbocycles. The predicted molar refractivity (Wildman–Crippen MR) is 168 cm³/mol. The number of furan rings is 1. The summed E-state index contributed by atoms with van der Waals surface area (Å²) < 4.78 is 11.5. The smallest absolute Gasteiger partial charge is 0.298 e. The van der Waals surface area contributed by atoms with Gasteiger partial charge in [0.2, 0.25) is 0 Å². The summed E-state index contributed by atoms with van der Waals surface area (Å²) in [4.78, 5) is 5.30. The van der Waals surface area contributed by atoms with Gasteiger partial charge in [-0.25, -0.2) is 4.57 Å². The molecule has 8 rings (SSSR count). The number of nitrogens with zero attached hydrogens (tertiary/aromatic N) is 3. The number of aliphatic imine (C=N–C) groups is 1. The van der Waals surface area contributed by atoms with E-state index in [1.54, 1.807) is 0 Å². The summed E-state index contributed by atoms with van der Waals surface area (Å²) in [6.45, 7) is 11.9. The Morgan fingerprint density at radius 2 is 1.78 bits per heavy atom. The molecule has 2 aliphatic heterocycles. The number of aryl methyl sites for hydroxylation is 2. The fraction of sp³-hybridized carbons (Fsp3) is 0.189. The minimum Gasteiger partial charge on any atom is -0.455 e. The third-order valence-electron chi connectivity index (χ3n) is 9.14. The fourth-order valence-electron chi connectivity index (χ4n) is 7.34. The number of allylic oxidation sites excluding steroid dienone is 1. The first-order chi connectivity index (χ1) is 20.2. The molecule has 6 aromatic rings. The van der Waals surface area contributed by atoms with Gasteiger partial charge in [0.15, 0.2) is 16.6 Å². The summed E-state index contributed by atoms with van der Waals surface area (Å²) in [7, 11) is 0. The van der Waals surface area contributed by atoms with Crippen LogP contribution in [0.2, 0.25) is 0 Å². The van der Waals surface area contributed by atoms with Crippen LogP contribution >= 0.6 is 0 Å². The third kappa shape index (κ3) is 3.46. The van der Waals surface area contributed by atoms with Gasteiger partial charge in [-0.3, -0.25) is 4.99 Å². The van der Waals surface area contributed by atoms with E-state index < -0.39 is 0 Å². The van der Waals surface area contributed by atoms with E-state index in [9.17, 15) is 0 Å². The first-order valence-electron chi connectivity index (χ1n) is 14.6. The molecule has 0 fully saturated rings. The van der Waals surface area contributed by atoms with Gasteiger partial charge in [0.1, 0.15) is 16.8 Å². The molecule has 200 valence electrons. The second kappa shape index (κ2) is 9.17. The first-order valence-corrected chi connectivity index (χ1v) is 14.6. The van der Waals surface area contributed by atoms with Gasteiger partial charge in [-0.05, 0) is 55.2 Å². The molecule has 0 N–H and O–H groups in total. The van der Waals surface area contributed by atoms with Gasteiger partial charge in [0.05, 0.1) is 18.3 Å². The van der Waals surface area contributed by atoms with Crippen LogP contribution in [0.1, 0.15) is 42.4 Å². The molecule has 0 radical (unpaired) electrons. The Balaban J connectivity index is 1.46. The fourth-order valence-corrected chi connectivity index (χ4v) is 7.34. The van der Waals surface area contributed by atoms with Crippen LogP contribution in [0, 0.1) is 0 Å². The van der Waals surface area contributed by atoms with Crippen molar-refractivity contribution in [2.45, 2.75) is 44.7 Å². The second-order valence-corrected chi connectivity index (χ2v) is 11.3. The van der Waals surface area contributed by atoms with Crippen LogP contribution in [0.5, 0.6) is 0 Å². The first kappa shape index (κ1) is 24.1. The van der Waals surface area contributed by atoms with Crippen molar-refractivity contribution in [2.75, 3.05) is 0 Å². The van der Waals surface area contributed by atoms with Gasteiger partial charge in [-0.2, -0.15) is 4.57 Å². The van der Waals surface area contributed by atoms with Crippen LogP contribution in [-0.2, 0) is 13.0 Å². The van der Waals surface area contributed by atoms with E-state index in [0.717, 1.165) is 70.5 Å². The van der Waals surface area contributed by atoms with Crippen LogP contribution < -0.4 is 4.57 Å². The highest BCUT2D eigenvalue weighted by atomic mass is 16.3. The number of rotatable bonds is 2. The molecule has 2 aromatic heterocycles. The summed E-state index contributed by atoms with van der Waals surface area (Å²) >= 11 is 0. The largest absolute Gasteiger partial charge is 0.455 e. The van der Waals surface area contributed by atoms with Crippen molar-refractivity contribution >= 4 is 44.4 Å². The molecule has 0 spiro atoms. The lowest BCUT2D eigenvalue weighted by atomic mass is 9.78. The van der Waals surface area contributed by atoms with Gasteiger partial charge < -0.3 is 4.42 Å². The number of fused-ring (bicyclic) bond motifs is 12. The molecule has 41 heavy (non-hydrogen) atoms. The maximum absolute atomic E-state index is 6.71. The normalized spacial score (nSPS) is 18.5. The van der Waals surface area contributed by atoms with E-state index in [-0.39, 0.29) is 12.0 Å². The monoisotopic (exact) mass is 534 g/mol. The van der Waals surface area contributed by atoms with Crippen molar-refractivity contribution in [3.8, 4) is 11.4 Å². The Hall–Kier alpha value is -4.70. The molecular formula is C37H32N3O+. The molecule has 0 saturated heterocycles. The van der Waals surface area contributed by atoms with Crippen molar-refractivity contribution in [2.24, 2.45) is 4.99 Å². The van der Waals surface area contributed by atoms with E-state index in [1.807, 2.05) is 12.1 Å². The van der Waals surface area contributed by atoms with Gasteiger partial charge in [-0.1, -0.05) is 79.9 Å². The zero-order valence-corrected chi connectivity index (χ0v) is 23.3. The molecule has 2 atom stereocenters. The molecule has 0 amide bonds. The summed E-state index contributed by atoms with van der Waals surface area (Å²) in [6, 6.07) is 30.5. The Labute approximate surface area is 239 Å². The molecule has 2 unspecified atom stereocenters. The SMILES string of the molecule is C=CC1=NC2CC(=C)n3c([n+](CC)c4ccccc43)-c3c(ccc4c3oc3ccccc34)CCC2c2ccccc21. The number of benzene rings is 4. The zero-order valence-electron chi connectivity index (χ0n) is 23.3. The summed E-state index contributed by atoms with van der Waals surface area (Å²) in [5.74, 6) is 1.42. The van der Waals surface area contributed by atoms with Crippen molar-refractivity contribution in [3.63, 3.8) is 0 Å². The van der Waals surface area contributed by atoms with E-state index in [2.05, 4.69) is 101 Å². The molecule has 2 aliphatic rings. The van der Waals surface area contributed by atoms with Crippen LogP contribution in [0.25, 0.3) is 50.1 Å². The van der Waals surface area contributed by atoms with E-state index in [0.29, 0.717) is 0 Å². The lowest BCUT2D eigenvalue weighted by Gasteiger charge is -2.32. The minimum atomic E-state index is 0.0889. The Morgan fingerprint density at radius 3 is 2.66 bits per heavy atom. The van der Waals surface area contributed by atoms with Gasteiger partial charge >= 0.3 is 0 Å². The van der Waals surface area contributed by atoms with Crippen molar-refractivity contribution < 1.29 is 8.98 Å². The second-order valence-electron chi connectivity index (χ2n) is 11.3. The number of hydrogen-bond acceptors (Lipinski definition) is 2. The van der Waals surface area contributed by atoms with E-state index in [1.165, 1.54) is 27.8 Å². The predicted octanol–water partition coefficient (Wildman–Crippen LogP) is 8.46. The lowest BCUT2D eigenvalue weighted by Crippen LogP contribution is -2.35. The molecule has 0 bridgehead atoms. The number of hydrogen-bond donors (Lipinski definition) is 0. The molecule has 4 aromatic carbocycles. The highest BCUT2D eigenvalue weighted by molar-refractivity contribution is 6.11. The van der Waals surface area contributed by atoms with Crippen molar-refractivity contribution in [1.29, 1.82) is 0 Å². The maximum Gasteiger partial charge on any atom is 0.298 e. The molecule has 4 heterocycles. The highest BCUT2D eigenvalue weighted by Gasteiger charge is 2.37. The summed E-state index contributed by atoms with van der Waals surface area (Å²) in [5, 5.41) is 2.31. The lowest BCUT2D eigenvalue weighted by molar-refractivity contribution is -0.657. The van der Waals surface area contributed by atoms with Gasteiger partial charge in [0, 0.05) is 28.7 Å². The molecule has 4 heteroatoms. The van der Waals surface area contributed by atoms with Crippen LogP contribution in [0.3, 0.4) is 0 Å². The summed E-state index contributed by atoms with van der Waals surface area (Å²) in [6.07, 6.45) is 4.59. The van der Waals surface area contributed by atoms with Gasteiger partial charge in [0.25, 0.3) is 5.82 Å². The third-order valence-corrected chi connectivity index (χ3v) is 9.14. The standard InChI is InChI=1S/C37H32N3O/c1-4-30-26-13-7-6-12-25(26)27-20-18-24-19-21-29-28-14-8-11-17-34(28)41-36(29)35(24)37-39(5-2)32-15-9-10-16-33(32)40(37)23(3)22-31(27)38-30/h4,6-17,19,21,27,31H,1,3,5,18,20,22H2,2H3/q+1. The molecule has 0 aliphatic carbocycles. The van der Waals surface area contributed by atoms with E-state index in [4.69, 9.17) is 16.0 Å². The van der Waals surface area contributed by atoms with Crippen LogP contribution in [0.15, 0.2) is 114 Å². The van der Waals surface area contributed by atoms with E-state index >= 15 is 0 Å². The Kier molecular flexibility index (Phi) is 5.40. The molecule has 4 nitrogen and oxygen atoms in total. The quantitative estimate of drug-likeness (QED) is 0.205. The van der Waals surface area contributed by atoms with Crippen molar-refractivity contribution in [3.05, 3.63) is 121 Å². The highest BCUT2D eigenvalue weighted by Crippen LogP contribution is 2.44. The molecular weight excluding hydrogens is 502 g/mol. The zero-order chi connectivity index (χ0) is 27.7. The number of para-hydroxylation sites is 3. The minimum absolute atomic E-state index is 0.0889. The number of aromatic nitrogens is 2. The number of imidazole rings is 1. The van der Waals surface area contributed by atoms with Gasteiger partial charge in [-0.15, -0.1) is 0 Å². The van der Waals surface area contributed by atoms with Crippen LogP contribution in [0.4, 0.5) is 0 Å². The Bertz CT molecular complexity index is 2070. The average molecular weight is 535 g/mol. The maximum atomic E-state index is 6.71. The van der Waals surface area contributed by atoms with Crippen LogP contribution in [-0.4, -0.2) is 16.3 Å².